The Bertz CT molecular complexity index is 1070. The lowest BCUT2D eigenvalue weighted by molar-refractivity contribution is -0.141. The van der Waals surface area contributed by atoms with Crippen molar-refractivity contribution in [2.24, 2.45) is 23.7 Å². The van der Waals surface area contributed by atoms with E-state index in [-0.39, 0.29) is 42.9 Å². The molecule has 0 radical (unpaired) electrons. The molecule has 2 fully saturated rings. The minimum Gasteiger partial charge on any atom is -0.481 e. The van der Waals surface area contributed by atoms with Gasteiger partial charge in [-0.3, -0.25) is 9.59 Å². The van der Waals surface area contributed by atoms with Crippen LogP contribution in [-0.2, 0) is 14.3 Å². The van der Waals surface area contributed by atoms with E-state index in [0.717, 1.165) is 12.8 Å². The van der Waals surface area contributed by atoms with Gasteiger partial charge < -0.3 is 20.5 Å². The van der Waals surface area contributed by atoms with Crippen LogP contribution < -0.4 is 10.6 Å². The van der Waals surface area contributed by atoms with Crippen molar-refractivity contribution in [2.75, 3.05) is 13.2 Å². The highest BCUT2D eigenvalue weighted by atomic mass is 16.5. The summed E-state index contributed by atoms with van der Waals surface area (Å²) in [5.74, 6) is -1.00. The predicted molar refractivity (Wildman–Crippen MR) is 126 cm³/mol. The second kappa shape index (κ2) is 9.12. The molecule has 7 heteroatoms. The van der Waals surface area contributed by atoms with Crippen LogP contribution in [0, 0.1) is 23.7 Å². The normalized spacial score (nSPS) is 25.3. The minimum absolute atomic E-state index is 0.0244. The molecule has 3 aliphatic carbocycles. The van der Waals surface area contributed by atoms with Gasteiger partial charge in [0.25, 0.3) is 0 Å². The van der Waals surface area contributed by atoms with E-state index in [1.807, 2.05) is 24.3 Å². The van der Waals surface area contributed by atoms with Gasteiger partial charge in [-0.05, 0) is 53.4 Å². The first-order valence-corrected chi connectivity index (χ1v) is 12.0. The number of alkyl carbamates (subject to hydrolysis) is 1. The first-order valence-electron chi connectivity index (χ1n) is 12.0. The number of aliphatic carboxylic acids is 1. The van der Waals surface area contributed by atoms with Gasteiger partial charge >= 0.3 is 12.1 Å². The third kappa shape index (κ3) is 4.15. The Labute approximate surface area is 198 Å². The first-order chi connectivity index (χ1) is 16.4. The lowest BCUT2D eigenvalue weighted by Crippen LogP contribution is -2.50. The number of carbonyl (C=O) groups excluding carboxylic acids is 2. The number of rotatable bonds is 7. The van der Waals surface area contributed by atoms with Crippen molar-refractivity contribution >= 4 is 18.0 Å². The smallest absolute Gasteiger partial charge is 0.407 e. The highest BCUT2D eigenvalue weighted by Crippen LogP contribution is 2.50. The molecule has 3 N–H and O–H groups in total. The third-order valence-electron chi connectivity index (χ3n) is 7.84. The molecule has 5 rings (SSSR count). The molecular formula is C27H30N2O5. The zero-order valence-corrected chi connectivity index (χ0v) is 19.2. The van der Waals surface area contributed by atoms with Crippen LogP contribution in [0.15, 0.2) is 48.5 Å². The number of carbonyl (C=O) groups is 3. The Morgan fingerprint density at radius 2 is 1.65 bits per heavy atom. The number of ether oxygens (including phenoxy) is 1. The molecule has 0 aliphatic heterocycles. The van der Waals surface area contributed by atoms with Crippen LogP contribution in [0.3, 0.4) is 0 Å². The molecule has 178 valence electrons. The van der Waals surface area contributed by atoms with Crippen molar-refractivity contribution in [3.63, 3.8) is 0 Å². The van der Waals surface area contributed by atoms with Crippen molar-refractivity contribution in [3.8, 4) is 11.1 Å². The number of hydrogen-bond acceptors (Lipinski definition) is 4. The van der Waals surface area contributed by atoms with Crippen LogP contribution in [0.1, 0.15) is 43.2 Å². The number of carboxylic acids is 1. The van der Waals surface area contributed by atoms with Crippen molar-refractivity contribution in [1.29, 1.82) is 0 Å². The second-order valence-corrected chi connectivity index (χ2v) is 9.89. The van der Waals surface area contributed by atoms with Crippen molar-refractivity contribution in [2.45, 2.75) is 38.1 Å². The van der Waals surface area contributed by atoms with Crippen LogP contribution in [0.4, 0.5) is 4.79 Å². The summed E-state index contributed by atoms with van der Waals surface area (Å²) in [6.07, 6.45) is 1.95. The molecule has 2 saturated carbocycles. The van der Waals surface area contributed by atoms with E-state index in [4.69, 9.17) is 9.84 Å². The monoisotopic (exact) mass is 462 g/mol. The Morgan fingerprint density at radius 1 is 1.00 bits per heavy atom. The third-order valence-corrected chi connectivity index (χ3v) is 7.84. The van der Waals surface area contributed by atoms with Crippen molar-refractivity contribution in [1.82, 2.24) is 10.6 Å². The highest BCUT2D eigenvalue weighted by molar-refractivity contribution is 5.80. The lowest BCUT2D eigenvalue weighted by atomic mass is 9.71. The molecule has 34 heavy (non-hydrogen) atoms. The summed E-state index contributed by atoms with van der Waals surface area (Å²) in [5.41, 5.74) is 4.76. The van der Waals surface area contributed by atoms with E-state index in [1.54, 1.807) is 6.92 Å². The Kier molecular flexibility index (Phi) is 6.02. The van der Waals surface area contributed by atoms with Crippen LogP contribution in [-0.4, -0.2) is 42.3 Å². The van der Waals surface area contributed by atoms with E-state index in [1.165, 1.54) is 22.3 Å². The van der Waals surface area contributed by atoms with Gasteiger partial charge in [0.2, 0.25) is 5.91 Å². The zero-order valence-electron chi connectivity index (χ0n) is 19.2. The summed E-state index contributed by atoms with van der Waals surface area (Å²) >= 11 is 0. The minimum atomic E-state index is -0.917. The molecule has 2 aromatic carbocycles. The fourth-order valence-corrected chi connectivity index (χ4v) is 5.88. The van der Waals surface area contributed by atoms with E-state index in [0.29, 0.717) is 12.3 Å². The summed E-state index contributed by atoms with van der Waals surface area (Å²) in [5, 5.41) is 14.8. The standard InChI is InChI=1S/C27H30N2O5/c1-15(26(31)32)13-28-25(30)17-10-16-12-24(22(16)11-17)29-27(33)34-14-23-20-8-4-2-6-18(20)19-7-3-5-9-21(19)23/h2-9,15-17,22-24H,10-14H2,1H3,(H,28,30)(H,29,33)(H,31,32). The number of nitrogens with one attached hydrogen (secondary N) is 2. The van der Waals surface area contributed by atoms with Gasteiger partial charge in [0, 0.05) is 24.4 Å². The van der Waals surface area contributed by atoms with Crippen molar-refractivity contribution < 1.29 is 24.2 Å². The van der Waals surface area contributed by atoms with E-state index in [2.05, 4.69) is 34.9 Å². The Morgan fingerprint density at radius 3 is 2.29 bits per heavy atom. The van der Waals surface area contributed by atoms with Gasteiger partial charge in [0.1, 0.15) is 6.61 Å². The number of amides is 2. The summed E-state index contributed by atoms with van der Waals surface area (Å²) < 4.78 is 5.67. The van der Waals surface area contributed by atoms with Gasteiger partial charge in [0.05, 0.1) is 5.92 Å². The molecule has 3 aliphatic rings. The van der Waals surface area contributed by atoms with Crippen LogP contribution >= 0.6 is 0 Å². The van der Waals surface area contributed by atoms with Crippen LogP contribution in [0.2, 0.25) is 0 Å². The SMILES string of the molecule is CC(CNC(=O)C1CC2CC(NC(=O)OCC3c4ccccc4-c4ccccc43)C2C1)C(=O)O. The lowest BCUT2D eigenvalue weighted by Gasteiger charge is -2.40. The van der Waals surface area contributed by atoms with Crippen LogP contribution in [0.25, 0.3) is 11.1 Å². The molecule has 0 spiro atoms. The largest absolute Gasteiger partial charge is 0.481 e. The predicted octanol–water partition coefficient (Wildman–Crippen LogP) is 3.78. The fraction of sp³-hybridized carbons (Fsp3) is 0.444. The average molecular weight is 463 g/mol. The van der Waals surface area contributed by atoms with Gasteiger partial charge in [-0.2, -0.15) is 0 Å². The molecule has 2 amide bonds. The topological polar surface area (TPSA) is 105 Å². The summed E-state index contributed by atoms with van der Waals surface area (Å²) in [4.78, 5) is 36.0. The van der Waals surface area contributed by atoms with Gasteiger partial charge in [-0.15, -0.1) is 0 Å². The first kappa shape index (κ1) is 22.4. The second-order valence-electron chi connectivity index (χ2n) is 9.89. The molecule has 2 aromatic rings. The molecule has 0 aromatic heterocycles. The van der Waals surface area contributed by atoms with E-state index < -0.39 is 18.0 Å². The molecule has 0 heterocycles. The maximum atomic E-state index is 12.6. The van der Waals surface area contributed by atoms with E-state index in [9.17, 15) is 14.4 Å². The van der Waals surface area contributed by atoms with Gasteiger partial charge in [-0.25, -0.2) is 4.79 Å². The van der Waals surface area contributed by atoms with Gasteiger partial charge in [-0.1, -0.05) is 55.5 Å². The van der Waals surface area contributed by atoms with E-state index >= 15 is 0 Å². The number of carboxylic acid groups (broad SMARTS) is 1. The molecule has 0 saturated heterocycles. The maximum Gasteiger partial charge on any atom is 0.407 e. The zero-order chi connectivity index (χ0) is 23.8. The highest BCUT2D eigenvalue weighted by Gasteiger charge is 2.50. The Balaban J connectivity index is 1.12. The van der Waals surface area contributed by atoms with Crippen molar-refractivity contribution in [3.05, 3.63) is 59.7 Å². The molecule has 7 nitrogen and oxygen atoms in total. The summed E-state index contributed by atoms with van der Waals surface area (Å²) in [6, 6.07) is 16.5. The fourth-order valence-electron chi connectivity index (χ4n) is 5.88. The quantitative estimate of drug-likeness (QED) is 0.581. The Hall–Kier alpha value is -3.35. The molecule has 0 bridgehead atoms. The molecule has 5 atom stereocenters. The van der Waals surface area contributed by atoms with Gasteiger partial charge in [0.15, 0.2) is 0 Å². The summed E-state index contributed by atoms with van der Waals surface area (Å²) in [7, 11) is 0. The maximum absolute atomic E-state index is 12.6. The molecule has 5 unspecified atom stereocenters. The van der Waals surface area contributed by atoms with Crippen LogP contribution in [0.5, 0.6) is 0 Å². The number of hydrogen-bond donors (Lipinski definition) is 3. The number of fused-ring (bicyclic) bond motifs is 4. The molecular weight excluding hydrogens is 432 g/mol. The number of benzene rings is 2. The summed E-state index contributed by atoms with van der Waals surface area (Å²) in [6.45, 7) is 2.00. The average Bonchev–Trinajstić information content (AvgIpc) is 3.34.